The third-order valence-corrected chi connectivity index (χ3v) is 3.75. The van der Waals surface area contributed by atoms with E-state index >= 15 is 0 Å². The first-order chi connectivity index (χ1) is 11.7. The lowest BCUT2D eigenvalue weighted by atomic mass is 10.2. The number of ether oxygens (including phenoxy) is 1. The molecule has 1 aromatic carbocycles. The van der Waals surface area contributed by atoms with E-state index in [1.165, 1.54) is 6.07 Å². The first-order valence-corrected chi connectivity index (χ1v) is 8.47. The standard InChI is InChI=1S/C17H21BrFN3O2/c1-20-17(22-11-13-10-14(18)5-6-16(13)19)21-7-3-8-23-12-15-4-2-9-24-15/h2,4-6,9-10H,3,7-8,11-12H2,1H3,(H2,20,21,22). The third kappa shape index (κ3) is 6.33. The Morgan fingerprint density at radius 3 is 2.96 bits per heavy atom. The Balaban J connectivity index is 1.62. The van der Waals surface area contributed by atoms with Crippen LogP contribution in [0.5, 0.6) is 0 Å². The van der Waals surface area contributed by atoms with Crippen LogP contribution in [0.1, 0.15) is 17.7 Å². The van der Waals surface area contributed by atoms with Gasteiger partial charge in [-0.15, -0.1) is 0 Å². The van der Waals surface area contributed by atoms with Crippen LogP contribution < -0.4 is 10.6 Å². The van der Waals surface area contributed by atoms with E-state index in [0.717, 1.165) is 16.7 Å². The zero-order valence-electron chi connectivity index (χ0n) is 13.5. The van der Waals surface area contributed by atoms with Crippen LogP contribution in [-0.2, 0) is 17.9 Å². The van der Waals surface area contributed by atoms with Gasteiger partial charge in [0.25, 0.3) is 0 Å². The second-order valence-corrected chi connectivity index (χ2v) is 5.99. The van der Waals surface area contributed by atoms with Gasteiger partial charge < -0.3 is 19.8 Å². The van der Waals surface area contributed by atoms with Crippen molar-refractivity contribution in [3.8, 4) is 0 Å². The average Bonchev–Trinajstić information content (AvgIpc) is 3.09. The first kappa shape index (κ1) is 18.5. The number of guanidine groups is 1. The minimum absolute atomic E-state index is 0.243. The van der Waals surface area contributed by atoms with Crippen molar-refractivity contribution < 1.29 is 13.5 Å². The van der Waals surface area contributed by atoms with E-state index in [2.05, 4.69) is 31.6 Å². The largest absolute Gasteiger partial charge is 0.467 e. The zero-order valence-corrected chi connectivity index (χ0v) is 15.1. The molecule has 2 aromatic rings. The Kier molecular flexibility index (Phi) is 7.77. The van der Waals surface area contributed by atoms with Crippen molar-refractivity contribution in [2.75, 3.05) is 20.2 Å². The van der Waals surface area contributed by atoms with Crippen LogP contribution in [-0.4, -0.2) is 26.2 Å². The summed E-state index contributed by atoms with van der Waals surface area (Å²) in [6, 6.07) is 8.58. The highest BCUT2D eigenvalue weighted by atomic mass is 79.9. The molecule has 1 aromatic heterocycles. The molecular formula is C17H21BrFN3O2. The molecule has 5 nitrogen and oxygen atoms in total. The topological polar surface area (TPSA) is 58.8 Å². The van der Waals surface area contributed by atoms with Gasteiger partial charge >= 0.3 is 0 Å². The van der Waals surface area contributed by atoms with Crippen LogP contribution in [0.4, 0.5) is 4.39 Å². The molecule has 0 aliphatic rings. The van der Waals surface area contributed by atoms with Gasteiger partial charge in [-0.2, -0.15) is 0 Å². The van der Waals surface area contributed by atoms with Gasteiger partial charge in [0.05, 0.1) is 6.26 Å². The highest BCUT2D eigenvalue weighted by Crippen LogP contribution is 2.15. The molecule has 0 fully saturated rings. The lowest BCUT2D eigenvalue weighted by Crippen LogP contribution is -2.37. The Morgan fingerprint density at radius 1 is 1.33 bits per heavy atom. The van der Waals surface area contributed by atoms with Crippen molar-refractivity contribution in [3.63, 3.8) is 0 Å². The number of hydrogen-bond acceptors (Lipinski definition) is 3. The summed E-state index contributed by atoms with van der Waals surface area (Å²) in [5.41, 5.74) is 0.578. The molecule has 2 rings (SSSR count). The second-order valence-electron chi connectivity index (χ2n) is 5.07. The summed E-state index contributed by atoms with van der Waals surface area (Å²) in [5.74, 6) is 1.20. The molecule has 130 valence electrons. The maximum Gasteiger partial charge on any atom is 0.191 e. The number of hydrogen-bond donors (Lipinski definition) is 2. The molecule has 0 unspecified atom stereocenters. The highest BCUT2D eigenvalue weighted by molar-refractivity contribution is 9.10. The smallest absolute Gasteiger partial charge is 0.191 e. The van der Waals surface area contributed by atoms with Crippen LogP contribution in [0.15, 0.2) is 50.5 Å². The number of rotatable bonds is 8. The maximum absolute atomic E-state index is 13.7. The van der Waals surface area contributed by atoms with Crippen molar-refractivity contribution >= 4 is 21.9 Å². The van der Waals surface area contributed by atoms with E-state index in [-0.39, 0.29) is 5.82 Å². The molecule has 0 amide bonds. The predicted molar refractivity (Wildman–Crippen MR) is 95.3 cm³/mol. The highest BCUT2D eigenvalue weighted by Gasteiger charge is 2.04. The Morgan fingerprint density at radius 2 is 2.21 bits per heavy atom. The van der Waals surface area contributed by atoms with Crippen molar-refractivity contribution in [3.05, 3.63) is 58.2 Å². The molecule has 0 radical (unpaired) electrons. The van der Waals surface area contributed by atoms with E-state index in [1.807, 2.05) is 12.1 Å². The van der Waals surface area contributed by atoms with E-state index in [9.17, 15) is 4.39 Å². The zero-order chi connectivity index (χ0) is 17.2. The number of aliphatic imine (C=N–C) groups is 1. The minimum atomic E-state index is -0.243. The summed E-state index contributed by atoms with van der Waals surface area (Å²) in [6.07, 6.45) is 2.46. The van der Waals surface area contributed by atoms with Crippen LogP contribution in [0.2, 0.25) is 0 Å². The lowest BCUT2D eigenvalue weighted by Gasteiger charge is -2.12. The van der Waals surface area contributed by atoms with E-state index in [4.69, 9.17) is 9.15 Å². The van der Waals surface area contributed by atoms with Gasteiger partial charge in [0, 0.05) is 36.8 Å². The van der Waals surface area contributed by atoms with E-state index in [0.29, 0.717) is 37.8 Å². The summed E-state index contributed by atoms with van der Waals surface area (Å²) in [4.78, 5) is 4.12. The SMILES string of the molecule is CN=C(NCCCOCc1ccco1)NCc1cc(Br)ccc1F. The molecule has 7 heteroatoms. The molecule has 0 aliphatic heterocycles. The molecule has 2 N–H and O–H groups in total. The summed E-state index contributed by atoms with van der Waals surface area (Å²) in [6.45, 7) is 2.16. The minimum Gasteiger partial charge on any atom is -0.467 e. The van der Waals surface area contributed by atoms with Gasteiger partial charge in [0.2, 0.25) is 0 Å². The second kappa shape index (κ2) is 10.1. The van der Waals surface area contributed by atoms with Crippen LogP contribution in [0, 0.1) is 5.82 Å². The molecular weight excluding hydrogens is 377 g/mol. The Bertz CT molecular complexity index is 647. The van der Waals surface area contributed by atoms with Crippen molar-refractivity contribution in [2.45, 2.75) is 19.6 Å². The summed E-state index contributed by atoms with van der Waals surface area (Å²) >= 11 is 3.34. The van der Waals surface area contributed by atoms with Gasteiger partial charge in [0.15, 0.2) is 5.96 Å². The molecule has 0 spiro atoms. The monoisotopic (exact) mass is 397 g/mol. The molecule has 0 atom stereocenters. The average molecular weight is 398 g/mol. The molecule has 0 saturated heterocycles. The summed E-state index contributed by atoms with van der Waals surface area (Å²) in [5, 5.41) is 6.26. The predicted octanol–water partition coefficient (Wildman–Crippen LogP) is 3.45. The van der Waals surface area contributed by atoms with Crippen LogP contribution in [0.3, 0.4) is 0 Å². The third-order valence-electron chi connectivity index (χ3n) is 3.26. The van der Waals surface area contributed by atoms with E-state index < -0.39 is 0 Å². The van der Waals surface area contributed by atoms with Gasteiger partial charge in [-0.05, 0) is 36.8 Å². The maximum atomic E-state index is 13.7. The molecule has 24 heavy (non-hydrogen) atoms. The number of benzene rings is 1. The van der Waals surface area contributed by atoms with Gasteiger partial charge in [-0.3, -0.25) is 4.99 Å². The van der Waals surface area contributed by atoms with Crippen molar-refractivity contribution in [1.82, 2.24) is 10.6 Å². The molecule has 0 aliphatic carbocycles. The quantitative estimate of drug-likeness (QED) is 0.406. The Hall–Kier alpha value is -1.86. The van der Waals surface area contributed by atoms with Crippen LogP contribution in [0.25, 0.3) is 0 Å². The van der Waals surface area contributed by atoms with Gasteiger partial charge in [-0.1, -0.05) is 15.9 Å². The molecule has 0 saturated carbocycles. The molecule has 1 heterocycles. The number of nitrogens with zero attached hydrogens (tertiary/aromatic N) is 1. The van der Waals surface area contributed by atoms with Crippen molar-refractivity contribution in [1.29, 1.82) is 0 Å². The lowest BCUT2D eigenvalue weighted by molar-refractivity contribution is 0.105. The molecule has 0 bridgehead atoms. The van der Waals surface area contributed by atoms with Crippen molar-refractivity contribution in [2.24, 2.45) is 4.99 Å². The van der Waals surface area contributed by atoms with Gasteiger partial charge in [-0.25, -0.2) is 4.39 Å². The summed E-state index contributed by atoms with van der Waals surface area (Å²) in [7, 11) is 1.68. The van der Waals surface area contributed by atoms with E-state index in [1.54, 1.807) is 25.4 Å². The Labute approximate surface area is 149 Å². The number of halogens is 2. The fourth-order valence-corrected chi connectivity index (χ4v) is 2.44. The summed E-state index contributed by atoms with van der Waals surface area (Å²) < 4.78 is 25.2. The number of nitrogens with one attached hydrogen (secondary N) is 2. The fourth-order valence-electron chi connectivity index (χ4n) is 2.03. The first-order valence-electron chi connectivity index (χ1n) is 7.67. The normalized spacial score (nSPS) is 11.5. The number of furan rings is 1. The fraction of sp³-hybridized carbons (Fsp3) is 0.353. The van der Waals surface area contributed by atoms with Crippen LogP contribution >= 0.6 is 15.9 Å². The van der Waals surface area contributed by atoms with Gasteiger partial charge in [0.1, 0.15) is 18.2 Å².